The first-order valence-corrected chi connectivity index (χ1v) is 3.74. The average molecular weight is 205 g/mol. The van der Waals surface area contributed by atoms with E-state index in [4.69, 9.17) is 5.26 Å². The van der Waals surface area contributed by atoms with Crippen LogP contribution in [0.15, 0.2) is 11.1 Å². The molecule has 1 aliphatic carbocycles. The molecule has 0 spiro atoms. The van der Waals surface area contributed by atoms with Crippen molar-refractivity contribution in [1.82, 2.24) is 0 Å². The Hall–Kier alpha value is -2.42. The van der Waals surface area contributed by atoms with Gasteiger partial charge < -0.3 is 0 Å². The van der Waals surface area contributed by atoms with Crippen LogP contribution < -0.4 is 0 Å². The molecule has 0 amide bonds. The van der Waals surface area contributed by atoms with Crippen LogP contribution in [0.5, 0.6) is 0 Å². The Bertz CT molecular complexity index is 471. The van der Waals surface area contributed by atoms with E-state index in [1.165, 1.54) is 6.07 Å². The van der Waals surface area contributed by atoms with Gasteiger partial charge in [-0.05, 0) is 6.92 Å². The lowest BCUT2D eigenvalue weighted by molar-refractivity contribution is -0.152. The minimum Gasteiger partial charge on any atom is -0.285 e. The molecule has 0 aliphatic heterocycles. The van der Waals surface area contributed by atoms with Crippen LogP contribution in [0, 0.1) is 11.3 Å². The summed E-state index contributed by atoms with van der Waals surface area (Å²) in [5.41, 5.74) is -1.15. The van der Waals surface area contributed by atoms with E-state index in [1.54, 1.807) is 0 Å². The second-order valence-corrected chi connectivity index (χ2v) is 2.76. The highest BCUT2D eigenvalue weighted by molar-refractivity contribution is 6.95. The van der Waals surface area contributed by atoms with Crippen LogP contribution >= 0.6 is 0 Å². The number of rotatable bonds is 0. The van der Waals surface area contributed by atoms with E-state index in [1.807, 2.05) is 0 Å². The third-order valence-electron chi connectivity index (χ3n) is 1.82. The summed E-state index contributed by atoms with van der Waals surface area (Å²) >= 11 is 0. The van der Waals surface area contributed by atoms with Crippen molar-refractivity contribution in [3.8, 4) is 6.07 Å². The molecular weight excluding hydrogens is 202 g/mol. The fraction of sp³-hybridized carbons (Fsp3) is 0.111. The van der Waals surface area contributed by atoms with E-state index in [0.717, 1.165) is 6.92 Å². The van der Waals surface area contributed by atoms with Crippen molar-refractivity contribution < 1.29 is 24.0 Å². The summed E-state index contributed by atoms with van der Waals surface area (Å²) < 4.78 is 0. The predicted molar refractivity (Wildman–Crippen MR) is 43.3 cm³/mol. The molecule has 74 valence electrons. The van der Waals surface area contributed by atoms with Gasteiger partial charge in [0.2, 0.25) is 11.6 Å². The molecule has 0 radical (unpaired) electrons. The summed E-state index contributed by atoms with van der Waals surface area (Å²) in [7, 11) is 0. The Morgan fingerprint density at radius 2 is 1.20 bits per heavy atom. The molecule has 0 heterocycles. The smallest absolute Gasteiger partial charge is 0.281 e. The quantitative estimate of drug-likeness (QED) is 0.210. The first-order chi connectivity index (χ1) is 6.91. The van der Waals surface area contributed by atoms with E-state index in [9.17, 15) is 24.0 Å². The number of nitrogens with zero attached hydrogens (tertiary/aromatic N) is 1. The molecule has 0 aromatic rings. The predicted octanol–water partition coefficient (Wildman–Crippen LogP) is -1.31. The molecule has 0 unspecified atom stereocenters. The van der Waals surface area contributed by atoms with Crippen molar-refractivity contribution in [2.75, 3.05) is 0 Å². The van der Waals surface area contributed by atoms with Crippen molar-refractivity contribution in [1.29, 1.82) is 5.26 Å². The van der Waals surface area contributed by atoms with Crippen LogP contribution in [-0.2, 0) is 24.0 Å². The number of allylic oxidation sites excluding steroid dienone is 2. The van der Waals surface area contributed by atoms with Crippen molar-refractivity contribution in [3.63, 3.8) is 0 Å². The maximum absolute atomic E-state index is 11.1. The van der Waals surface area contributed by atoms with E-state index in [2.05, 4.69) is 0 Å². The van der Waals surface area contributed by atoms with Crippen LogP contribution in [-0.4, -0.2) is 28.9 Å². The molecule has 0 aromatic carbocycles. The number of ketones is 5. The zero-order valence-electron chi connectivity index (χ0n) is 7.49. The summed E-state index contributed by atoms with van der Waals surface area (Å²) in [6.45, 7) is 1.11. The molecule has 6 heteroatoms. The first kappa shape index (κ1) is 10.7. The highest BCUT2D eigenvalue weighted by Gasteiger charge is 2.45. The molecule has 6 nitrogen and oxygen atoms in total. The van der Waals surface area contributed by atoms with Crippen LogP contribution in [0.4, 0.5) is 0 Å². The Balaban J connectivity index is 3.47. The summed E-state index contributed by atoms with van der Waals surface area (Å²) in [6, 6.07) is 1.47. The summed E-state index contributed by atoms with van der Waals surface area (Å²) in [4.78, 5) is 54.8. The zero-order chi connectivity index (χ0) is 11.7. The van der Waals surface area contributed by atoms with Gasteiger partial charge in [0.1, 0.15) is 0 Å². The van der Waals surface area contributed by atoms with Crippen molar-refractivity contribution in [2.45, 2.75) is 6.92 Å². The highest BCUT2D eigenvalue weighted by Crippen LogP contribution is 2.13. The molecule has 1 saturated carbocycles. The Kier molecular flexibility index (Phi) is 2.40. The number of nitriles is 1. The van der Waals surface area contributed by atoms with E-state index in [-0.39, 0.29) is 5.57 Å². The molecule has 1 aliphatic rings. The topological polar surface area (TPSA) is 109 Å². The lowest BCUT2D eigenvalue weighted by atomic mass is 9.86. The second kappa shape index (κ2) is 3.38. The summed E-state index contributed by atoms with van der Waals surface area (Å²) in [6.07, 6.45) is 0. The Morgan fingerprint density at radius 1 is 0.867 bits per heavy atom. The van der Waals surface area contributed by atoms with Crippen LogP contribution in [0.2, 0.25) is 0 Å². The maximum atomic E-state index is 11.1. The van der Waals surface area contributed by atoms with E-state index < -0.39 is 34.5 Å². The second-order valence-electron chi connectivity index (χ2n) is 2.76. The monoisotopic (exact) mass is 205 g/mol. The average Bonchev–Trinajstić information content (AvgIpc) is 2.23. The zero-order valence-corrected chi connectivity index (χ0v) is 7.49. The number of Topliss-reactive ketones (excluding diaryl/α,β-unsaturated/α-hetero) is 5. The van der Waals surface area contributed by atoms with E-state index in [0.29, 0.717) is 0 Å². The normalized spacial score (nSPS) is 16.8. The Morgan fingerprint density at radius 3 is 1.53 bits per heavy atom. The SMILES string of the molecule is CC(C#N)=C1C(=O)C(=O)C(=O)C(=O)C1=O. The van der Waals surface area contributed by atoms with Crippen molar-refractivity contribution in [3.05, 3.63) is 11.1 Å². The van der Waals surface area contributed by atoms with Gasteiger partial charge in [0.15, 0.2) is 0 Å². The lowest BCUT2D eigenvalue weighted by Crippen LogP contribution is -2.44. The third kappa shape index (κ3) is 1.40. The molecule has 15 heavy (non-hydrogen) atoms. The van der Waals surface area contributed by atoms with E-state index >= 15 is 0 Å². The summed E-state index contributed by atoms with van der Waals surface area (Å²) in [5.74, 6) is -7.54. The highest BCUT2D eigenvalue weighted by atomic mass is 16.2. The molecule has 0 aromatic heterocycles. The first-order valence-electron chi connectivity index (χ1n) is 3.74. The van der Waals surface area contributed by atoms with Crippen molar-refractivity contribution in [2.24, 2.45) is 0 Å². The molecule has 1 fully saturated rings. The lowest BCUT2D eigenvalue weighted by Gasteiger charge is -2.08. The van der Waals surface area contributed by atoms with Crippen LogP contribution in [0.3, 0.4) is 0 Å². The van der Waals surface area contributed by atoms with Gasteiger partial charge in [-0.25, -0.2) is 0 Å². The molecular formula is C9H3NO5. The van der Waals surface area contributed by atoms with Gasteiger partial charge in [-0.3, -0.25) is 24.0 Å². The van der Waals surface area contributed by atoms with Gasteiger partial charge in [-0.1, -0.05) is 0 Å². The Labute approximate surface area is 83.2 Å². The summed E-state index contributed by atoms with van der Waals surface area (Å²) in [5, 5.41) is 8.44. The molecule has 0 N–H and O–H groups in total. The van der Waals surface area contributed by atoms with Gasteiger partial charge in [-0.15, -0.1) is 0 Å². The molecule has 0 atom stereocenters. The van der Waals surface area contributed by atoms with Gasteiger partial charge in [0.25, 0.3) is 17.3 Å². The van der Waals surface area contributed by atoms with Crippen molar-refractivity contribution >= 4 is 28.9 Å². The van der Waals surface area contributed by atoms with Crippen LogP contribution in [0.25, 0.3) is 0 Å². The number of hydrogen-bond donors (Lipinski definition) is 0. The fourth-order valence-corrected chi connectivity index (χ4v) is 1.04. The molecule has 0 bridgehead atoms. The molecule has 0 saturated heterocycles. The van der Waals surface area contributed by atoms with Gasteiger partial charge >= 0.3 is 0 Å². The fourth-order valence-electron chi connectivity index (χ4n) is 1.04. The number of hydrogen-bond acceptors (Lipinski definition) is 6. The number of carbonyl (C=O) groups excluding carboxylic acids is 5. The number of carbonyl (C=O) groups is 5. The third-order valence-corrected chi connectivity index (χ3v) is 1.82. The molecule has 1 rings (SSSR count). The standard InChI is InChI=1S/C9H3NO5/c1-3(2-10)4-5(11)7(13)9(15)8(14)6(4)12/h1H3. The van der Waals surface area contributed by atoms with Gasteiger partial charge in [0.05, 0.1) is 11.6 Å². The minimum atomic E-state index is -1.64. The largest absolute Gasteiger partial charge is 0.285 e. The maximum Gasteiger partial charge on any atom is 0.281 e. The van der Waals surface area contributed by atoms with Crippen LogP contribution in [0.1, 0.15) is 6.92 Å². The minimum absolute atomic E-state index is 0.348. The van der Waals surface area contributed by atoms with Gasteiger partial charge in [0, 0.05) is 5.57 Å². The van der Waals surface area contributed by atoms with Gasteiger partial charge in [-0.2, -0.15) is 5.26 Å².